The van der Waals surface area contributed by atoms with Crippen molar-refractivity contribution in [1.82, 2.24) is 14.7 Å². The van der Waals surface area contributed by atoms with Crippen LogP contribution in [0.15, 0.2) is 35.4 Å². The van der Waals surface area contributed by atoms with E-state index in [9.17, 15) is 8.42 Å². The maximum Gasteiger partial charge on any atom is 0.242 e. The van der Waals surface area contributed by atoms with Crippen LogP contribution in [0, 0.1) is 6.92 Å². The molecular formula is C13H15ClN4O2S. The Bertz CT molecular complexity index is 750. The zero-order chi connectivity index (χ0) is 15.5. The molecule has 0 amide bonds. The van der Waals surface area contributed by atoms with E-state index in [-0.39, 0.29) is 23.0 Å². The first kappa shape index (κ1) is 15.8. The number of rotatable bonds is 5. The minimum Gasteiger partial charge on any atom is -0.326 e. The Balaban J connectivity index is 2.22. The van der Waals surface area contributed by atoms with Gasteiger partial charge in [0.15, 0.2) is 0 Å². The fourth-order valence-corrected chi connectivity index (χ4v) is 3.28. The van der Waals surface area contributed by atoms with Crippen molar-refractivity contribution in [3.05, 3.63) is 52.6 Å². The first-order chi connectivity index (χ1) is 9.92. The summed E-state index contributed by atoms with van der Waals surface area (Å²) in [6.07, 6.45) is 1.58. The van der Waals surface area contributed by atoms with Gasteiger partial charge in [0.2, 0.25) is 10.0 Å². The van der Waals surface area contributed by atoms with Gasteiger partial charge in [0.1, 0.15) is 10.7 Å². The first-order valence-electron chi connectivity index (χ1n) is 6.19. The second kappa shape index (κ2) is 6.48. The van der Waals surface area contributed by atoms with E-state index < -0.39 is 10.0 Å². The molecule has 0 radical (unpaired) electrons. The summed E-state index contributed by atoms with van der Waals surface area (Å²) in [5.74, 6) is 0.579. The highest BCUT2D eigenvalue weighted by atomic mass is 35.5. The number of nitrogens with zero attached hydrogens (tertiary/aromatic N) is 2. The summed E-state index contributed by atoms with van der Waals surface area (Å²) >= 11 is 5.96. The van der Waals surface area contributed by atoms with Gasteiger partial charge in [0.25, 0.3) is 0 Å². The fourth-order valence-electron chi connectivity index (χ4n) is 1.73. The van der Waals surface area contributed by atoms with Crippen molar-refractivity contribution in [3.63, 3.8) is 0 Å². The lowest BCUT2D eigenvalue weighted by atomic mass is 10.2. The summed E-state index contributed by atoms with van der Waals surface area (Å²) in [4.78, 5) is 8.10. The second-order valence-electron chi connectivity index (χ2n) is 4.39. The van der Waals surface area contributed by atoms with Crippen LogP contribution in [0.2, 0.25) is 5.02 Å². The second-order valence-corrected chi connectivity index (χ2v) is 6.53. The van der Waals surface area contributed by atoms with Gasteiger partial charge in [-0.2, -0.15) is 0 Å². The molecule has 1 aromatic carbocycles. The van der Waals surface area contributed by atoms with Gasteiger partial charge in [-0.3, -0.25) is 0 Å². The van der Waals surface area contributed by atoms with Gasteiger partial charge >= 0.3 is 0 Å². The Labute approximate surface area is 128 Å². The highest BCUT2D eigenvalue weighted by molar-refractivity contribution is 7.89. The van der Waals surface area contributed by atoms with Crippen LogP contribution >= 0.6 is 11.6 Å². The third-order valence-electron chi connectivity index (χ3n) is 2.80. The number of aromatic nitrogens is 2. The Morgan fingerprint density at radius 3 is 2.76 bits per heavy atom. The number of hydrogen-bond donors (Lipinski definition) is 2. The summed E-state index contributed by atoms with van der Waals surface area (Å²) < 4.78 is 27.1. The molecule has 21 heavy (non-hydrogen) atoms. The third-order valence-corrected chi connectivity index (χ3v) is 4.68. The van der Waals surface area contributed by atoms with Crippen LogP contribution in [-0.4, -0.2) is 18.4 Å². The number of sulfonamides is 1. The molecule has 0 saturated heterocycles. The van der Waals surface area contributed by atoms with Crippen LogP contribution in [0.25, 0.3) is 0 Å². The number of hydrogen-bond acceptors (Lipinski definition) is 5. The highest BCUT2D eigenvalue weighted by Gasteiger charge is 2.18. The van der Waals surface area contributed by atoms with Gasteiger partial charge in [-0.25, -0.2) is 23.1 Å². The summed E-state index contributed by atoms with van der Waals surface area (Å²) in [5, 5.41) is 0.151. The van der Waals surface area contributed by atoms with E-state index in [1.54, 1.807) is 25.3 Å². The van der Waals surface area contributed by atoms with Crippen molar-refractivity contribution in [2.45, 2.75) is 24.9 Å². The van der Waals surface area contributed by atoms with Crippen molar-refractivity contribution >= 4 is 21.6 Å². The standard InChI is InChI=1S/C13H15ClN4O2S/c1-9-16-5-4-11(18-9)8-17-21(19,20)13-6-10(7-15)2-3-12(13)14/h2-6,17H,7-8,15H2,1H3. The third kappa shape index (κ3) is 3.98. The first-order valence-corrected chi connectivity index (χ1v) is 8.05. The Hall–Kier alpha value is -1.54. The molecule has 0 atom stereocenters. The van der Waals surface area contributed by atoms with E-state index in [1.807, 2.05) is 0 Å². The van der Waals surface area contributed by atoms with Crippen molar-refractivity contribution in [1.29, 1.82) is 0 Å². The Morgan fingerprint density at radius 2 is 2.10 bits per heavy atom. The minimum atomic E-state index is -3.73. The predicted octanol–water partition coefficient (Wildman–Crippen LogP) is 1.38. The molecule has 0 aliphatic carbocycles. The van der Waals surface area contributed by atoms with Crippen LogP contribution in [-0.2, 0) is 23.1 Å². The molecule has 8 heteroatoms. The molecule has 2 rings (SSSR count). The van der Waals surface area contributed by atoms with Crippen LogP contribution in [0.3, 0.4) is 0 Å². The molecule has 0 unspecified atom stereocenters. The van der Waals surface area contributed by atoms with Gasteiger partial charge in [-0.05, 0) is 30.7 Å². The van der Waals surface area contributed by atoms with E-state index >= 15 is 0 Å². The SMILES string of the molecule is Cc1nccc(CNS(=O)(=O)c2cc(CN)ccc2Cl)n1. The molecule has 2 aromatic rings. The van der Waals surface area contributed by atoms with Crippen LogP contribution in [0.1, 0.15) is 17.1 Å². The zero-order valence-corrected chi connectivity index (χ0v) is 12.9. The molecule has 0 spiro atoms. The van der Waals surface area contributed by atoms with E-state index in [4.69, 9.17) is 17.3 Å². The van der Waals surface area contributed by atoms with Crippen LogP contribution in [0.5, 0.6) is 0 Å². The minimum absolute atomic E-state index is 0.0119. The van der Waals surface area contributed by atoms with Crippen LogP contribution in [0.4, 0.5) is 0 Å². The number of halogens is 1. The van der Waals surface area contributed by atoms with E-state index in [0.29, 0.717) is 17.1 Å². The molecule has 3 N–H and O–H groups in total. The summed E-state index contributed by atoms with van der Waals surface area (Å²) in [6.45, 7) is 2.04. The van der Waals surface area contributed by atoms with Gasteiger partial charge < -0.3 is 5.73 Å². The predicted molar refractivity (Wildman–Crippen MR) is 80.1 cm³/mol. The normalized spacial score (nSPS) is 11.6. The molecule has 0 saturated carbocycles. The smallest absolute Gasteiger partial charge is 0.242 e. The number of nitrogens with one attached hydrogen (secondary N) is 1. The number of aryl methyl sites for hydroxylation is 1. The average Bonchev–Trinajstić information content (AvgIpc) is 2.46. The van der Waals surface area contributed by atoms with Gasteiger partial charge in [-0.1, -0.05) is 17.7 Å². The lowest BCUT2D eigenvalue weighted by Gasteiger charge is -2.09. The van der Waals surface area contributed by atoms with Crippen molar-refractivity contribution in [2.24, 2.45) is 5.73 Å². The van der Waals surface area contributed by atoms with Crippen molar-refractivity contribution in [3.8, 4) is 0 Å². The Morgan fingerprint density at radius 1 is 1.33 bits per heavy atom. The van der Waals surface area contributed by atoms with E-state index in [0.717, 1.165) is 0 Å². The summed E-state index contributed by atoms with van der Waals surface area (Å²) in [6, 6.07) is 6.33. The molecule has 6 nitrogen and oxygen atoms in total. The lowest BCUT2D eigenvalue weighted by Crippen LogP contribution is -2.24. The highest BCUT2D eigenvalue weighted by Crippen LogP contribution is 2.22. The van der Waals surface area contributed by atoms with E-state index in [2.05, 4.69) is 14.7 Å². The molecule has 0 aliphatic rings. The Kier molecular flexibility index (Phi) is 4.89. The number of benzene rings is 1. The molecule has 0 bridgehead atoms. The van der Waals surface area contributed by atoms with E-state index in [1.165, 1.54) is 12.1 Å². The monoisotopic (exact) mass is 326 g/mol. The maximum absolute atomic E-state index is 12.3. The van der Waals surface area contributed by atoms with Gasteiger partial charge in [-0.15, -0.1) is 0 Å². The number of nitrogens with two attached hydrogens (primary N) is 1. The van der Waals surface area contributed by atoms with Crippen LogP contribution < -0.4 is 10.5 Å². The average molecular weight is 327 g/mol. The summed E-state index contributed by atoms with van der Waals surface area (Å²) in [7, 11) is -3.73. The quantitative estimate of drug-likeness (QED) is 0.865. The van der Waals surface area contributed by atoms with Crippen molar-refractivity contribution in [2.75, 3.05) is 0 Å². The fraction of sp³-hybridized carbons (Fsp3) is 0.231. The topological polar surface area (TPSA) is 98.0 Å². The van der Waals surface area contributed by atoms with Gasteiger partial charge in [0.05, 0.1) is 17.3 Å². The molecular weight excluding hydrogens is 312 g/mol. The molecule has 112 valence electrons. The van der Waals surface area contributed by atoms with Crippen molar-refractivity contribution < 1.29 is 8.42 Å². The lowest BCUT2D eigenvalue weighted by molar-refractivity contribution is 0.580. The molecule has 1 aromatic heterocycles. The van der Waals surface area contributed by atoms with Gasteiger partial charge in [0, 0.05) is 12.7 Å². The molecule has 1 heterocycles. The molecule has 0 aliphatic heterocycles. The summed E-state index contributed by atoms with van der Waals surface area (Å²) in [5.41, 5.74) is 6.79. The maximum atomic E-state index is 12.3. The molecule has 0 fully saturated rings. The zero-order valence-electron chi connectivity index (χ0n) is 11.4. The largest absolute Gasteiger partial charge is 0.326 e.